The smallest absolute Gasteiger partial charge is 0.153 e. The zero-order valence-corrected chi connectivity index (χ0v) is 8.18. The minimum absolute atomic E-state index is 0.102. The van der Waals surface area contributed by atoms with Crippen molar-refractivity contribution in [2.45, 2.75) is 31.4 Å². The van der Waals surface area contributed by atoms with Crippen LogP contribution in [0.3, 0.4) is 0 Å². The normalized spacial score (nSPS) is 29.3. The number of aliphatic hydroxyl groups excluding tert-OH is 1. The summed E-state index contributed by atoms with van der Waals surface area (Å²) >= 11 is 0. The van der Waals surface area contributed by atoms with Gasteiger partial charge in [-0.2, -0.15) is 0 Å². The van der Waals surface area contributed by atoms with E-state index in [1.807, 2.05) is 6.92 Å². The fourth-order valence-electron chi connectivity index (χ4n) is 1.79. The summed E-state index contributed by atoms with van der Waals surface area (Å²) in [5.41, 5.74) is 0. The quantitative estimate of drug-likeness (QED) is 0.709. The van der Waals surface area contributed by atoms with Gasteiger partial charge in [-0.3, -0.25) is 0 Å². The molecule has 2 unspecified atom stereocenters. The Morgan fingerprint density at radius 2 is 2.25 bits per heavy atom. The molecule has 1 heterocycles. The van der Waals surface area contributed by atoms with Gasteiger partial charge in [0.25, 0.3) is 0 Å². The van der Waals surface area contributed by atoms with Gasteiger partial charge < -0.3 is 5.11 Å². The van der Waals surface area contributed by atoms with Crippen LogP contribution in [0.2, 0.25) is 0 Å². The fraction of sp³-hybridized carbons (Fsp3) is 1.00. The van der Waals surface area contributed by atoms with Crippen molar-refractivity contribution in [3.63, 3.8) is 0 Å². The molecule has 12 heavy (non-hydrogen) atoms. The highest BCUT2D eigenvalue weighted by Gasteiger charge is 2.40. The third-order valence-electron chi connectivity index (χ3n) is 2.70. The number of hydrogen-bond acceptors (Lipinski definition) is 3. The molecule has 2 atom stereocenters. The monoisotopic (exact) mass is 192 g/mol. The van der Waals surface area contributed by atoms with Crippen LogP contribution in [0.5, 0.6) is 0 Å². The molecule has 0 radical (unpaired) electrons. The van der Waals surface area contributed by atoms with Crippen LogP contribution in [0.15, 0.2) is 0 Å². The SMILES string of the molecule is CCC(CCO)C1CCS1(=O)=O. The van der Waals surface area contributed by atoms with Gasteiger partial charge in [0.05, 0.1) is 11.0 Å². The Morgan fingerprint density at radius 1 is 1.58 bits per heavy atom. The van der Waals surface area contributed by atoms with E-state index >= 15 is 0 Å². The van der Waals surface area contributed by atoms with Crippen LogP contribution in [0.4, 0.5) is 0 Å². The highest BCUT2D eigenvalue weighted by atomic mass is 32.2. The summed E-state index contributed by atoms with van der Waals surface area (Å²) in [5.74, 6) is 0.522. The summed E-state index contributed by atoms with van der Waals surface area (Å²) in [5, 5.41) is 8.55. The first-order valence-corrected chi connectivity index (χ1v) is 6.15. The first-order valence-electron chi connectivity index (χ1n) is 4.44. The van der Waals surface area contributed by atoms with Gasteiger partial charge in [0.2, 0.25) is 0 Å². The van der Waals surface area contributed by atoms with Crippen molar-refractivity contribution in [1.82, 2.24) is 0 Å². The van der Waals surface area contributed by atoms with E-state index in [-0.39, 0.29) is 17.8 Å². The molecular formula is C8H16O3S. The molecule has 1 fully saturated rings. The van der Waals surface area contributed by atoms with Crippen LogP contribution in [0, 0.1) is 5.92 Å². The van der Waals surface area contributed by atoms with E-state index in [0.717, 1.165) is 12.8 Å². The largest absolute Gasteiger partial charge is 0.396 e. The van der Waals surface area contributed by atoms with Crippen molar-refractivity contribution in [3.8, 4) is 0 Å². The average molecular weight is 192 g/mol. The van der Waals surface area contributed by atoms with Crippen LogP contribution >= 0.6 is 0 Å². The Kier molecular flexibility index (Phi) is 3.12. The lowest BCUT2D eigenvalue weighted by Crippen LogP contribution is -2.42. The van der Waals surface area contributed by atoms with Crippen LogP contribution in [0.25, 0.3) is 0 Å². The summed E-state index contributed by atoms with van der Waals surface area (Å²) in [6.07, 6.45) is 2.27. The molecule has 4 heteroatoms. The van der Waals surface area contributed by atoms with E-state index in [2.05, 4.69) is 0 Å². The Hall–Kier alpha value is -0.0900. The zero-order valence-electron chi connectivity index (χ0n) is 7.36. The van der Waals surface area contributed by atoms with E-state index < -0.39 is 9.84 Å². The summed E-state index contributed by atoms with van der Waals surface area (Å²) in [4.78, 5) is 0. The molecule has 0 saturated carbocycles. The van der Waals surface area contributed by atoms with Crippen molar-refractivity contribution in [2.75, 3.05) is 12.4 Å². The minimum Gasteiger partial charge on any atom is -0.396 e. The molecule has 0 aromatic heterocycles. The second-order valence-electron chi connectivity index (χ2n) is 3.37. The number of rotatable bonds is 4. The summed E-state index contributed by atoms with van der Waals surface area (Å²) in [6.45, 7) is 2.08. The van der Waals surface area contributed by atoms with Crippen LogP contribution in [0.1, 0.15) is 26.2 Å². The lowest BCUT2D eigenvalue weighted by atomic mass is 9.96. The maximum Gasteiger partial charge on any atom is 0.153 e. The molecule has 0 spiro atoms. The first kappa shape index (κ1) is 9.99. The Morgan fingerprint density at radius 3 is 2.50 bits per heavy atom. The standard InChI is InChI=1S/C8H16O3S/c1-2-7(3-5-9)8-4-6-12(8,10)11/h7-9H,2-6H2,1H3. The van der Waals surface area contributed by atoms with Crippen LogP contribution < -0.4 is 0 Å². The molecule has 0 bridgehead atoms. The second-order valence-corrected chi connectivity index (χ2v) is 5.71. The second kappa shape index (κ2) is 3.75. The highest BCUT2D eigenvalue weighted by molar-refractivity contribution is 7.93. The van der Waals surface area contributed by atoms with Crippen molar-refractivity contribution in [1.29, 1.82) is 0 Å². The van der Waals surface area contributed by atoms with Gasteiger partial charge in [-0.05, 0) is 18.8 Å². The molecule has 1 rings (SSSR count). The molecule has 0 aliphatic carbocycles. The Labute approximate surface area is 73.7 Å². The molecule has 0 aromatic carbocycles. The maximum atomic E-state index is 11.2. The van der Waals surface area contributed by atoms with E-state index in [1.54, 1.807) is 0 Å². The van der Waals surface area contributed by atoms with Gasteiger partial charge in [0, 0.05) is 6.61 Å². The molecule has 1 saturated heterocycles. The lowest BCUT2D eigenvalue weighted by molar-refractivity contribution is 0.246. The number of sulfone groups is 1. The van der Waals surface area contributed by atoms with Crippen LogP contribution in [-0.2, 0) is 9.84 Å². The predicted octanol–water partition coefficient (Wildman–Crippen LogP) is 0.582. The maximum absolute atomic E-state index is 11.2. The van der Waals surface area contributed by atoms with Gasteiger partial charge in [0.1, 0.15) is 0 Å². The fourth-order valence-corrected chi connectivity index (χ4v) is 3.60. The Bertz CT molecular complexity index is 233. The summed E-state index contributed by atoms with van der Waals surface area (Å²) in [7, 11) is -2.77. The molecule has 1 aliphatic rings. The average Bonchev–Trinajstić information content (AvgIpc) is 2.02. The van der Waals surface area contributed by atoms with Gasteiger partial charge >= 0.3 is 0 Å². The van der Waals surface area contributed by atoms with Crippen molar-refractivity contribution in [3.05, 3.63) is 0 Å². The summed E-state index contributed by atoms with van der Waals surface area (Å²) < 4.78 is 22.4. The molecule has 0 amide bonds. The molecule has 3 nitrogen and oxygen atoms in total. The van der Waals surface area contributed by atoms with E-state index in [9.17, 15) is 8.42 Å². The number of aliphatic hydroxyl groups is 1. The van der Waals surface area contributed by atoms with E-state index in [4.69, 9.17) is 5.11 Å². The molecule has 0 aromatic rings. The van der Waals surface area contributed by atoms with Gasteiger partial charge in [-0.15, -0.1) is 0 Å². The van der Waals surface area contributed by atoms with Gasteiger partial charge in [-0.1, -0.05) is 13.3 Å². The van der Waals surface area contributed by atoms with Crippen molar-refractivity contribution >= 4 is 9.84 Å². The minimum atomic E-state index is -2.77. The van der Waals surface area contributed by atoms with E-state index in [0.29, 0.717) is 12.2 Å². The molecule has 1 aliphatic heterocycles. The lowest BCUT2D eigenvalue weighted by Gasteiger charge is -2.32. The van der Waals surface area contributed by atoms with Crippen LogP contribution in [-0.4, -0.2) is 31.1 Å². The number of hydrogen-bond donors (Lipinski definition) is 1. The van der Waals surface area contributed by atoms with Crippen molar-refractivity contribution < 1.29 is 13.5 Å². The first-order chi connectivity index (χ1) is 5.61. The van der Waals surface area contributed by atoms with Gasteiger partial charge in [0.15, 0.2) is 9.84 Å². The Balaban J connectivity index is 2.55. The molecule has 72 valence electrons. The predicted molar refractivity (Wildman–Crippen MR) is 47.7 cm³/mol. The van der Waals surface area contributed by atoms with Gasteiger partial charge in [-0.25, -0.2) is 8.42 Å². The topological polar surface area (TPSA) is 54.4 Å². The summed E-state index contributed by atoms with van der Waals surface area (Å²) in [6, 6.07) is 0. The molecular weight excluding hydrogens is 176 g/mol. The third-order valence-corrected chi connectivity index (χ3v) is 5.05. The highest BCUT2D eigenvalue weighted by Crippen LogP contribution is 2.31. The molecule has 1 N–H and O–H groups in total. The van der Waals surface area contributed by atoms with E-state index in [1.165, 1.54) is 0 Å². The zero-order chi connectivity index (χ0) is 9.19. The third kappa shape index (κ3) is 1.80. The van der Waals surface area contributed by atoms with Crippen molar-refractivity contribution in [2.24, 2.45) is 5.92 Å².